The second-order valence-corrected chi connectivity index (χ2v) is 8.42. The zero-order chi connectivity index (χ0) is 21.5. The van der Waals surface area contributed by atoms with Gasteiger partial charge in [0.15, 0.2) is 0 Å². The van der Waals surface area contributed by atoms with Gasteiger partial charge in [0, 0.05) is 46.7 Å². The number of aromatic nitrogens is 4. The van der Waals surface area contributed by atoms with Crippen LogP contribution in [0, 0.1) is 4.91 Å². The van der Waals surface area contributed by atoms with Crippen molar-refractivity contribution in [2.24, 2.45) is 0 Å². The predicted molar refractivity (Wildman–Crippen MR) is 120 cm³/mol. The van der Waals surface area contributed by atoms with Gasteiger partial charge in [0.25, 0.3) is 5.69 Å². The Kier molecular flexibility index (Phi) is 4.98. The van der Waals surface area contributed by atoms with Crippen molar-refractivity contribution in [3.05, 3.63) is 53.5 Å². The molecular formula is C24H27N4O3+. The average Bonchev–Trinajstić information content (AvgIpc) is 3.20. The Morgan fingerprint density at radius 1 is 1.26 bits per heavy atom. The molecule has 0 radical (unpaired) electrons. The fraction of sp³-hybridized carbons (Fsp3) is 0.375. The first-order valence-electron chi connectivity index (χ1n) is 10.8. The minimum Gasteiger partial charge on any atom is -0.481 e. The zero-order valence-electron chi connectivity index (χ0n) is 18.1. The van der Waals surface area contributed by atoms with Crippen LogP contribution in [0.5, 0.6) is 5.88 Å². The van der Waals surface area contributed by atoms with Crippen LogP contribution in [0.2, 0.25) is 0 Å². The van der Waals surface area contributed by atoms with E-state index in [4.69, 9.17) is 9.47 Å². The molecule has 1 unspecified atom stereocenters. The Balaban J connectivity index is 1.79. The Morgan fingerprint density at radius 2 is 2.13 bits per heavy atom. The Hall–Kier alpha value is -3.19. The van der Waals surface area contributed by atoms with Crippen molar-refractivity contribution < 1.29 is 13.9 Å². The molecule has 0 bridgehead atoms. The normalized spacial score (nSPS) is 17.0. The van der Waals surface area contributed by atoms with Gasteiger partial charge in [0.05, 0.1) is 28.0 Å². The second-order valence-electron chi connectivity index (χ2n) is 8.42. The molecule has 1 saturated heterocycles. The number of H-pyrrole nitrogens is 1. The van der Waals surface area contributed by atoms with Gasteiger partial charge in [-0.2, -0.15) is 0 Å². The number of benzene rings is 1. The van der Waals surface area contributed by atoms with E-state index in [0.29, 0.717) is 5.88 Å². The van der Waals surface area contributed by atoms with Crippen LogP contribution in [0.25, 0.3) is 32.8 Å². The molecule has 5 rings (SSSR count). The zero-order valence-corrected chi connectivity index (χ0v) is 18.1. The van der Waals surface area contributed by atoms with Crippen LogP contribution >= 0.6 is 0 Å². The van der Waals surface area contributed by atoms with Gasteiger partial charge in [0.1, 0.15) is 6.23 Å². The maximum absolute atomic E-state index is 13.1. The molecule has 7 heteroatoms. The van der Waals surface area contributed by atoms with E-state index in [0.717, 1.165) is 68.8 Å². The van der Waals surface area contributed by atoms with E-state index in [1.54, 1.807) is 19.5 Å². The molecule has 1 N–H and O–H groups in total. The summed E-state index contributed by atoms with van der Waals surface area (Å²) in [5.74, 6) is 0.579. The van der Waals surface area contributed by atoms with Crippen molar-refractivity contribution in [1.29, 1.82) is 0 Å². The van der Waals surface area contributed by atoms with Gasteiger partial charge in [-0.3, -0.25) is 4.68 Å². The van der Waals surface area contributed by atoms with Gasteiger partial charge >= 0.3 is 0 Å². The lowest BCUT2D eigenvalue weighted by atomic mass is 9.92. The summed E-state index contributed by atoms with van der Waals surface area (Å²) in [7, 11) is 1.60. The molecule has 0 saturated carbocycles. The molecule has 1 aliphatic heterocycles. The first kappa shape index (κ1) is 19.8. The molecule has 7 nitrogen and oxygen atoms in total. The maximum atomic E-state index is 13.1. The van der Waals surface area contributed by atoms with Gasteiger partial charge in [-0.15, -0.1) is 0 Å². The number of aromatic amines is 1. The summed E-state index contributed by atoms with van der Waals surface area (Å²) in [6.45, 7) is 4.86. The summed E-state index contributed by atoms with van der Waals surface area (Å²) in [6.07, 6.45) is 8.65. The highest BCUT2D eigenvalue weighted by molar-refractivity contribution is 6.04. The molecule has 160 valence electrons. The molecule has 4 heterocycles. The molecule has 0 amide bonds. The summed E-state index contributed by atoms with van der Waals surface area (Å²) in [5, 5.41) is 6.38. The van der Waals surface area contributed by atoms with Crippen LogP contribution in [0.4, 0.5) is 0 Å². The molecule has 4 aromatic rings. The summed E-state index contributed by atoms with van der Waals surface area (Å²) in [5.41, 5.74) is 3.62. The molecule has 1 atom stereocenters. The lowest BCUT2D eigenvalue weighted by Gasteiger charge is -2.24. The highest BCUT2D eigenvalue weighted by Crippen LogP contribution is 2.37. The van der Waals surface area contributed by atoms with Crippen LogP contribution in [-0.4, -0.2) is 28.5 Å². The minimum atomic E-state index is 0.00180. The topological polar surface area (TPSA) is 75.0 Å². The van der Waals surface area contributed by atoms with Crippen LogP contribution in [0.1, 0.15) is 50.9 Å². The number of rotatable bonds is 4. The van der Waals surface area contributed by atoms with E-state index in [1.165, 1.54) is 0 Å². The van der Waals surface area contributed by atoms with Crippen LogP contribution in [0.3, 0.4) is 0 Å². The standard InChI is InChI=1S/C24H27N4O3/c1-15(2)24-23(16-7-8-25-21(12-16)30-3)19-10-17-13-26-28(22-6-4-5-9-31-22)20(17)11-18(19)14-27(24)29/h7-8,10-15,22,26H,4-6,9H2,1-3H3/q+1. The van der Waals surface area contributed by atoms with Crippen LogP contribution in [0.15, 0.2) is 42.9 Å². The summed E-state index contributed by atoms with van der Waals surface area (Å²) < 4.78 is 14.4. The number of hydrogen-bond donors (Lipinski definition) is 1. The number of ether oxygens (including phenoxy) is 2. The number of methoxy groups -OCH3 is 1. The van der Waals surface area contributed by atoms with Crippen molar-refractivity contribution in [3.63, 3.8) is 0 Å². The molecule has 1 fully saturated rings. The van der Waals surface area contributed by atoms with E-state index in [9.17, 15) is 4.91 Å². The molecule has 0 spiro atoms. The largest absolute Gasteiger partial charge is 0.481 e. The molecule has 1 aliphatic rings. The van der Waals surface area contributed by atoms with Crippen LogP contribution in [-0.2, 0) is 4.74 Å². The lowest BCUT2D eigenvalue weighted by molar-refractivity contribution is -0.503. The fourth-order valence-electron chi connectivity index (χ4n) is 4.61. The third-order valence-corrected chi connectivity index (χ3v) is 6.06. The predicted octanol–water partition coefficient (Wildman–Crippen LogP) is 4.93. The van der Waals surface area contributed by atoms with Crippen LogP contribution < -0.4 is 9.16 Å². The van der Waals surface area contributed by atoms with Crippen molar-refractivity contribution in [2.75, 3.05) is 13.7 Å². The van der Waals surface area contributed by atoms with E-state index in [1.807, 2.05) is 32.2 Å². The van der Waals surface area contributed by atoms with Gasteiger partial charge in [0.2, 0.25) is 12.1 Å². The third kappa shape index (κ3) is 3.39. The van der Waals surface area contributed by atoms with Crippen molar-refractivity contribution >= 4 is 21.7 Å². The van der Waals surface area contributed by atoms with Gasteiger partial charge in [-0.25, -0.2) is 4.98 Å². The van der Waals surface area contributed by atoms with E-state index in [2.05, 4.69) is 26.9 Å². The lowest BCUT2D eigenvalue weighted by Crippen LogP contribution is -2.23. The highest BCUT2D eigenvalue weighted by atomic mass is 16.5. The molecule has 3 aromatic heterocycles. The van der Waals surface area contributed by atoms with E-state index >= 15 is 0 Å². The van der Waals surface area contributed by atoms with E-state index < -0.39 is 0 Å². The molecular weight excluding hydrogens is 392 g/mol. The summed E-state index contributed by atoms with van der Waals surface area (Å²) in [4.78, 5) is 17.4. The molecule has 0 aliphatic carbocycles. The number of fused-ring (bicyclic) bond motifs is 2. The number of pyridine rings is 2. The van der Waals surface area contributed by atoms with Crippen molar-refractivity contribution in [1.82, 2.24) is 14.8 Å². The first-order chi connectivity index (χ1) is 15.1. The minimum absolute atomic E-state index is 0.00180. The van der Waals surface area contributed by atoms with Crippen molar-refractivity contribution in [3.8, 4) is 17.0 Å². The molecule has 31 heavy (non-hydrogen) atoms. The summed E-state index contributed by atoms with van der Waals surface area (Å²) >= 11 is 0. The summed E-state index contributed by atoms with van der Waals surface area (Å²) in [6, 6.07) is 8.06. The highest BCUT2D eigenvalue weighted by Gasteiger charge is 2.26. The number of hydrogen-bond acceptors (Lipinski definition) is 4. The van der Waals surface area contributed by atoms with Gasteiger partial charge in [-0.1, -0.05) is 13.8 Å². The number of nitrogens with one attached hydrogen (secondary N) is 1. The van der Waals surface area contributed by atoms with Gasteiger partial charge < -0.3 is 14.6 Å². The Bertz CT molecular complexity index is 1320. The van der Waals surface area contributed by atoms with E-state index in [-0.39, 0.29) is 12.1 Å². The van der Waals surface area contributed by atoms with Crippen molar-refractivity contribution in [2.45, 2.75) is 45.3 Å². The quantitative estimate of drug-likeness (QED) is 0.476. The maximum Gasteiger partial charge on any atom is 0.250 e. The Morgan fingerprint density at radius 3 is 2.87 bits per heavy atom. The Labute approximate surface area is 180 Å². The molecule has 1 aromatic carbocycles. The first-order valence-corrected chi connectivity index (χ1v) is 10.8. The average molecular weight is 420 g/mol. The SMILES string of the molecule is COc1cc(-c2c(C(C)C)[n+](=O)cc3cc4c(c[nH]n4C4CCCCO4)cc23)ccn1. The fourth-order valence-corrected chi connectivity index (χ4v) is 4.61. The van der Waals surface area contributed by atoms with Gasteiger partial charge in [-0.05, 0) is 43.0 Å². The third-order valence-electron chi connectivity index (χ3n) is 6.06. The smallest absolute Gasteiger partial charge is 0.250 e. The monoisotopic (exact) mass is 419 g/mol. The number of nitrogens with zero attached hydrogens (tertiary/aromatic N) is 3. The second kappa shape index (κ2) is 7.81.